The number of aromatic nitrogens is 2. The molecule has 46 heavy (non-hydrogen) atoms. The second-order valence-electron chi connectivity index (χ2n) is 10.2. The van der Waals surface area contributed by atoms with Gasteiger partial charge in [0.1, 0.15) is 5.75 Å². The number of phosphoric ester groups is 1. The Labute approximate surface area is 282 Å². The van der Waals surface area contributed by atoms with Crippen molar-refractivity contribution in [2.24, 2.45) is 14.1 Å². The van der Waals surface area contributed by atoms with Crippen LogP contribution in [0.5, 0.6) is 5.75 Å². The molecule has 5 aromatic rings. The number of carbonyl (C=O) groups is 3. The summed E-state index contributed by atoms with van der Waals surface area (Å²) in [6.07, 6.45) is 3.35. The molecule has 0 radical (unpaired) electrons. The molecule has 228 valence electrons. The number of benzene rings is 3. The molecule has 0 saturated carbocycles. The van der Waals surface area contributed by atoms with E-state index in [2.05, 4.69) is 4.52 Å². The third-order valence-corrected chi connectivity index (χ3v) is 7.87. The summed E-state index contributed by atoms with van der Waals surface area (Å²) in [7, 11) is -1.58. The number of amides is 2. The van der Waals surface area contributed by atoms with E-state index >= 15 is 0 Å². The molecule has 1 unspecified atom stereocenters. The van der Waals surface area contributed by atoms with Gasteiger partial charge in [0.25, 0.3) is 17.5 Å². The zero-order valence-electron chi connectivity index (χ0n) is 24.6. The van der Waals surface area contributed by atoms with Crippen LogP contribution in [0.2, 0.25) is 0 Å². The Kier molecular flexibility index (Phi) is 8.79. The molecule has 14 nitrogen and oxygen atoms in total. The molecule has 0 bridgehead atoms. The van der Waals surface area contributed by atoms with E-state index in [4.69, 9.17) is 9.63 Å². The summed E-state index contributed by atoms with van der Waals surface area (Å²) in [5, 5.41) is 12.6. The van der Waals surface area contributed by atoms with Gasteiger partial charge in [0.15, 0.2) is 6.73 Å². The summed E-state index contributed by atoms with van der Waals surface area (Å²) < 4.78 is 24.1. The Morgan fingerprint density at radius 3 is 2.04 bits per heavy atom. The fraction of sp³-hybridized carbons (Fsp3) is 0.100. The maximum absolute atomic E-state index is 14.0. The van der Waals surface area contributed by atoms with Gasteiger partial charge >= 0.3 is 43.3 Å². The van der Waals surface area contributed by atoms with Crippen LogP contribution in [0.25, 0.3) is 33.0 Å². The van der Waals surface area contributed by atoms with E-state index in [9.17, 15) is 34.0 Å². The summed E-state index contributed by atoms with van der Waals surface area (Å²) in [4.78, 5) is 72.3. The summed E-state index contributed by atoms with van der Waals surface area (Å²) in [5.74, 6) is -2.62. The van der Waals surface area contributed by atoms with Crippen LogP contribution in [-0.2, 0) is 33.0 Å². The van der Waals surface area contributed by atoms with Gasteiger partial charge in [0.2, 0.25) is 0 Å². The van der Waals surface area contributed by atoms with Crippen molar-refractivity contribution in [1.29, 1.82) is 0 Å². The van der Waals surface area contributed by atoms with Crippen LogP contribution in [0.1, 0.15) is 21.5 Å². The zero-order valence-corrected chi connectivity index (χ0v) is 27.5. The number of fused-ring (bicyclic) bond motifs is 2. The molecule has 0 saturated heterocycles. The fourth-order valence-electron chi connectivity index (χ4n) is 5.41. The van der Waals surface area contributed by atoms with E-state index in [0.717, 1.165) is 22.5 Å². The van der Waals surface area contributed by atoms with E-state index in [1.165, 1.54) is 30.3 Å². The number of phosphoric acid groups is 1. The van der Waals surface area contributed by atoms with Crippen LogP contribution < -0.4 is 39.0 Å². The van der Waals surface area contributed by atoms with E-state index in [1.807, 2.05) is 22.8 Å². The molecule has 1 atom stereocenters. The van der Waals surface area contributed by atoms with Crippen molar-refractivity contribution in [3.05, 3.63) is 106 Å². The molecular weight excluding hydrogens is 630 g/mol. The third kappa shape index (κ3) is 5.89. The van der Waals surface area contributed by atoms with Crippen LogP contribution in [0.15, 0.2) is 79.1 Å². The third-order valence-electron chi connectivity index (χ3n) is 7.42. The Morgan fingerprint density at radius 2 is 1.46 bits per heavy atom. The predicted octanol–water partition coefficient (Wildman–Crippen LogP) is 0.516. The summed E-state index contributed by atoms with van der Waals surface area (Å²) >= 11 is 0. The van der Waals surface area contributed by atoms with Gasteiger partial charge in [-0.2, -0.15) is 0 Å². The molecule has 3 aromatic carbocycles. The first-order valence-electron chi connectivity index (χ1n) is 13.2. The molecule has 0 spiro atoms. The van der Waals surface area contributed by atoms with E-state index in [-0.39, 0.29) is 57.7 Å². The topological polar surface area (TPSA) is 186 Å². The Balaban J connectivity index is 0.00000417. The molecule has 0 aliphatic carbocycles. The van der Waals surface area contributed by atoms with Gasteiger partial charge < -0.3 is 28.2 Å². The van der Waals surface area contributed by atoms with Gasteiger partial charge in [-0.1, -0.05) is 18.2 Å². The first-order valence-corrected chi connectivity index (χ1v) is 14.7. The number of hydrogen-bond acceptors (Lipinski definition) is 9. The number of esters is 1. The summed E-state index contributed by atoms with van der Waals surface area (Å²) in [5.41, 5.74) is 2.05. The number of nitro benzene ring substituents is 1. The SMILES string of the molecule is Cn1cc(C2=C(c3cn(C)c4cc([N+](=O)[O-])ccc34)C(=O)N(COC(=O)c3ccc(OP(=O)([O-])O)cc3)C2=O)c2ccccc21.[Na+]. The van der Waals surface area contributed by atoms with Crippen LogP contribution in [0.4, 0.5) is 5.69 Å². The number of nitro groups is 1. The van der Waals surface area contributed by atoms with E-state index in [0.29, 0.717) is 27.4 Å². The number of nitrogens with zero attached hydrogens (tertiary/aromatic N) is 4. The van der Waals surface area contributed by atoms with E-state index < -0.39 is 37.3 Å². The normalized spacial score (nSPS) is 14.5. The molecule has 0 fully saturated rings. The van der Waals surface area contributed by atoms with Crippen LogP contribution in [0, 0.1) is 10.1 Å². The minimum atomic E-state index is -5.05. The van der Waals surface area contributed by atoms with Crippen molar-refractivity contribution in [1.82, 2.24) is 14.0 Å². The summed E-state index contributed by atoms with van der Waals surface area (Å²) in [6, 6.07) is 16.1. The quantitative estimate of drug-likeness (QED) is 0.0619. The molecule has 3 heterocycles. The Bertz CT molecular complexity index is 2160. The number of para-hydroxylation sites is 1. The average molecular weight is 652 g/mol. The van der Waals surface area contributed by atoms with Crippen LogP contribution >= 0.6 is 7.82 Å². The second-order valence-corrected chi connectivity index (χ2v) is 11.3. The molecule has 6 rings (SSSR count). The number of imide groups is 1. The number of non-ortho nitro benzene ring substituents is 1. The van der Waals surface area contributed by atoms with Crippen LogP contribution in [-0.4, -0.2) is 48.4 Å². The summed E-state index contributed by atoms with van der Waals surface area (Å²) in [6.45, 7) is -0.741. The molecule has 1 aliphatic rings. The molecule has 2 aromatic heterocycles. The Morgan fingerprint density at radius 1 is 0.891 bits per heavy atom. The van der Waals surface area contributed by atoms with Gasteiger partial charge in [-0.15, -0.1) is 0 Å². The minimum Gasteiger partial charge on any atom is -0.746 e. The van der Waals surface area contributed by atoms with Gasteiger partial charge in [0, 0.05) is 66.0 Å². The maximum atomic E-state index is 14.0. The first kappa shape index (κ1) is 32.8. The second kappa shape index (κ2) is 12.3. The van der Waals surface area contributed by atoms with E-state index in [1.54, 1.807) is 37.1 Å². The molecule has 16 heteroatoms. The molecule has 2 amide bonds. The number of rotatable bonds is 8. The van der Waals surface area contributed by atoms with Gasteiger partial charge in [-0.05, 0) is 36.4 Å². The minimum absolute atomic E-state index is 0. The molecular formula is C30H22N4NaO10P. The largest absolute Gasteiger partial charge is 1.00 e. The number of ether oxygens (including phenoxy) is 1. The van der Waals surface area contributed by atoms with Crippen molar-refractivity contribution >= 4 is 64.2 Å². The van der Waals surface area contributed by atoms with Crippen molar-refractivity contribution in [2.45, 2.75) is 0 Å². The first-order chi connectivity index (χ1) is 21.3. The smallest absolute Gasteiger partial charge is 0.746 e. The van der Waals surface area contributed by atoms with Gasteiger partial charge in [0.05, 0.1) is 27.1 Å². The van der Waals surface area contributed by atoms with Crippen molar-refractivity contribution in [3.63, 3.8) is 0 Å². The fourth-order valence-corrected chi connectivity index (χ4v) is 5.80. The van der Waals surface area contributed by atoms with Crippen molar-refractivity contribution < 1.29 is 72.5 Å². The van der Waals surface area contributed by atoms with Gasteiger partial charge in [-0.3, -0.25) is 24.3 Å². The van der Waals surface area contributed by atoms with Crippen molar-refractivity contribution in [2.75, 3.05) is 6.73 Å². The predicted molar refractivity (Wildman–Crippen MR) is 158 cm³/mol. The standard InChI is InChI=1S/C30H23N4O10P.Na/c1-31-14-22(20-5-3-4-6-24(20)31)26-27(23-15-32(2)25-13-18(34(38)39)9-12-21(23)25)29(36)33(28(26)35)16-43-30(37)17-7-10-19(11-8-17)44-45(40,41)42;/h3-15H,16H2,1-2H3,(H2,40,41,42);/q;+1/p-1. The monoisotopic (exact) mass is 652 g/mol. The Hall–Kier alpha value is -4.56. The van der Waals surface area contributed by atoms with Crippen molar-refractivity contribution in [3.8, 4) is 5.75 Å². The molecule has 1 aliphatic heterocycles. The average Bonchev–Trinajstić information content (AvgIpc) is 3.58. The number of carbonyl (C=O) groups excluding carboxylic acids is 3. The van der Waals surface area contributed by atoms with Gasteiger partial charge in [-0.25, -0.2) is 9.69 Å². The zero-order chi connectivity index (χ0) is 32.2. The number of aryl methyl sites for hydroxylation is 2. The molecule has 1 N–H and O–H groups in total. The van der Waals surface area contributed by atoms with Crippen LogP contribution in [0.3, 0.4) is 0 Å². The number of hydrogen-bond donors (Lipinski definition) is 1. The maximum Gasteiger partial charge on any atom is 1.00 e.